The molecule has 8 heteroatoms. The van der Waals surface area contributed by atoms with Crippen LogP contribution in [0.2, 0.25) is 0 Å². The van der Waals surface area contributed by atoms with Gasteiger partial charge in [0.1, 0.15) is 5.75 Å². The van der Waals surface area contributed by atoms with Gasteiger partial charge in [0, 0.05) is 30.9 Å². The zero-order chi connectivity index (χ0) is 15.5. The third kappa shape index (κ3) is 3.60. The molecule has 0 bridgehead atoms. The maximum atomic E-state index is 12.2. The lowest BCUT2D eigenvalue weighted by atomic mass is 10.2. The molecular formula is C13H17N3O4S. The van der Waals surface area contributed by atoms with Crippen LogP contribution in [0.3, 0.4) is 0 Å². The fourth-order valence-electron chi connectivity index (χ4n) is 1.87. The SMILES string of the molecule is COc1ccc(S(=O)(=O)NCc2cnn(C)c2)cc1CO. The number of benzene rings is 1. The van der Waals surface area contributed by atoms with Gasteiger partial charge in [-0.05, 0) is 18.2 Å². The van der Waals surface area contributed by atoms with Crippen molar-refractivity contribution in [3.8, 4) is 5.75 Å². The summed E-state index contributed by atoms with van der Waals surface area (Å²) >= 11 is 0. The van der Waals surface area contributed by atoms with Crippen molar-refractivity contribution in [2.45, 2.75) is 18.0 Å². The Morgan fingerprint density at radius 3 is 2.76 bits per heavy atom. The Hall–Kier alpha value is -1.90. The monoisotopic (exact) mass is 311 g/mol. The molecule has 0 saturated heterocycles. The molecule has 0 fully saturated rings. The largest absolute Gasteiger partial charge is 0.496 e. The molecule has 7 nitrogen and oxygen atoms in total. The zero-order valence-electron chi connectivity index (χ0n) is 11.8. The first-order chi connectivity index (χ1) is 9.96. The van der Waals surface area contributed by atoms with Crippen molar-refractivity contribution in [3.05, 3.63) is 41.7 Å². The van der Waals surface area contributed by atoms with Crippen LogP contribution in [-0.4, -0.2) is 30.4 Å². The highest BCUT2D eigenvalue weighted by atomic mass is 32.2. The van der Waals surface area contributed by atoms with Crippen molar-refractivity contribution in [1.29, 1.82) is 0 Å². The molecule has 1 aromatic carbocycles. The summed E-state index contributed by atoms with van der Waals surface area (Å²) in [6, 6.07) is 4.35. The molecule has 0 aliphatic rings. The number of nitrogens with one attached hydrogen (secondary N) is 1. The van der Waals surface area contributed by atoms with Gasteiger partial charge in [0.25, 0.3) is 0 Å². The summed E-state index contributed by atoms with van der Waals surface area (Å²) in [4.78, 5) is 0.0799. The molecule has 1 aromatic heterocycles. The second-order valence-electron chi connectivity index (χ2n) is 4.48. The Morgan fingerprint density at radius 2 is 2.19 bits per heavy atom. The number of sulfonamides is 1. The van der Waals surface area contributed by atoms with Gasteiger partial charge in [-0.3, -0.25) is 4.68 Å². The van der Waals surface area contributed by atoms with Gasteiger partial charge in [0.15, 0.2) is 0 Å². The fourth-order valence-corrected chi connectivity index (χ4v) is 2.94. The predicted octanol–water partition coefficient (Wildman–Crippen LogP) is 0.399. The Kier molecular flexibility index (Phi) is 4.61. The molecular weight excluding hydrogens is 294 g/mol. The van der Waals surface area contributed by atoms with Crippen molar-refractivity contribution < 1.29 is 18.3 Å². The van der Waals surface area contributed by atoms with Crippen LogP contribution in [0.15, 0.2) is 35.5 Å². The lowest BCUT2D eigenvalue weighted by Crippen LogP contribution is -2.23. The molecule has 0 amide bonds. The topological polar surface area (TPSA) is 93.5 Å². The van der Waals surface area contributed by atoms with E-state index in [1.54, 1.807) is 24.1 Å². The number of rotatable bonds is 6. The molecule has 21 heavy (non-hydrogen) atoms. The Balaban J connectivity index is 2.19. The molecule has 114 valence electrons. The summed E-state index contributed by atoms with van der Waals surface area (Å²) < 4.78 is 33.6. The molecule has 0 spiro atoms. The first kappa shape index (κ1) is 15.5. The van der Waals surface area contributed by atoms with E-state index in [1.807, 2.05) is 0 Å². The first-order valence-corrected chi connectivity index (χ1v) is 7.69. The minimum atomic E-state index is -3.66. The van der Waals surface area contributed by atoms with Crippen molar-refractivity contribution in [2.75, 3.05) is 7.11 Å². The summed E-state index contributed by atoms with van der Waals surface area (Å²) in [5.41, 5.74) is 1.18. The number of ether oxygens (including phenoxy) is 1. The van der Waals surface area contributed by atoms with Gasteiger partial charge < -0.3 is 9.84 Å². The standard InChI is InChI=1S/C13H17N3O4S/c1-16-8-10(6-14-16)7-15-21(18,19)12-3-4-13(20-2)11(5-12)9-17/h3-6,8,15,17H,7,9H2,1-2H3. The highest BCUT2D eigenvalue weighted by Crippen LogP contribution is 2.22. The van der Waals surface area contributed by atoms with Crippen molar-refractivity contribution >= 4 is 10.0 Å². The van der Waals surface area contributed by atoms with Gasteiger partial charge in [0.2, 0.25) is 10.0 Å². The van der Waals surface area contributed by atoms with Gasteiger partial charge in [-0.15, -0.1) is 0 Å². The molecule has 0 atom stereocenters. The number of methoxy groups -OCH3 is 1. The predicted molar refractivity (Wildman–Crippen MR) is 76.2 cm³/mol. The minimum absolute atomic E-state index is 0.0799. The molecule has 2 N–H and O–H groups in total. The summed E-state index contributed by atoms with van der Waals surface area (Å²) in [7, 11) is -0.440. The fraction of sp³-hybridized carbons (Fsp3) is 0.308. The smallest absolute Gasteiger partial charge is 0.240 e. The lowest BCUT2D eigenvalue weighted by molar-refractivity contribution is 0.273. The Labute approximate surface area is 123 Å². The molecule has 2 rings (SSSR count). The number of hydrogen-bond acceptors (Lipinski definition) is 5. The van der Waals surface area contributed by atoms with Gasteiger partial charge in [-0.2, -0.15) is 5.10 Å². The van der Waals surface area contributed by atoms with E-state index in [0.717, 1.165) is 5.56 Å². The van der Waals surface area contributed by atoms with Crippen molar-refractivity contribution in [2.24, 2.45) is 7.05 Å². The van der Waals surface area contributed by atoms with Gasteiger partial charge >= 0.3 is 0 Å². The van der Waals surface area contributed by atoms with E-state index in [2.05, 4.69) is 9.82 Å². The van der Waals surface area contributed by atoms with E-state index in [0.29, 0.717) is 11.3 Å². The molecule has 0 unspecified atom stereocenters. The average molecular weight is 311 g/mol. The third-order valence-electron chi connectivity index (χ3n) is 2.96. The number of aliphatic hydroxyl groups excluding tert-OH is 1. The van der Waals surface area contributed by atoms with E-state index >= 15 is 0 Å². The molecule has 2 aromatic rings. The van der Waals surface area contributed by atoms with Crippen molar-refractivity contribution in [3.63, 3.8) is 0 Å². The highest BCUT2D eigenvalue weighted by Gasteiger charge is 2.16. The summed E-state index contributed by atoms with van der Waals surface area (Å²) in [5, 5.41) is 13.2. The zero-order valence-corrected chi connectivity index (χ0v) is 12.6. The van der Waals surface area contributed by atoms with E-state index in [-0.39, 0.29) is 18.0 Å². The maximum absolute atomic E-state index is 12.2. The molecule has 0 saturated carbocycles. The van der Waals surface area contributed by atoms with E-state index in [4.69, 9.17) is 4.74 Å². The molecule has 0 aliphatic carbocycles. The second-order valence-corrected chi connectivity index (χ2v) is 6.25. The van der Waals surface area contributed by atoms with E-state index in [9.17, 15) is 13.5 Å². The Bertz CT molecular complexity index is 725. The molecule has 0 aliphatic heterocycles. The number of hydrogen-bond donors (Lipinski definition) is 2. The van der Waals surface area contributed by atoms with E-state index in [1.165, 1.54) is 25.3 Å². The summed E-state index contributed by atoms with van der Waals surface area (Å²) in [5.74, 6) is 0.448. The van der Waals surface area contributed by atoms with Crippen LogP contribution in [0.4, 0.5) is 0 Å². The van der Waals surface area contributed by atoms with Crippen LogP contribution < -0.4 is 9.46 Å². The average Bonchev–Trinajstić information content (AvgIpc) is 2.90. The van der Waals surface area contributed by atoms with Crippen LogP contribution >= 0.6 is 0 Å². The number of aliphatic hydroxyl groups is 1. The van der Waals surface area contributed by atoms with Gasteiger partial charge in [0.05, 0.1) is 24.8 Å². The highest BCUT2D eigenvalue weighted by molar-refractivity contribution is 7.89. The quantitative estimate of drug-likeness (QED) is 0.805. The molecule has 0 radical (unpaired) electrons. The normalized spacial score (nSPS) is 11.6. The van der Waals surface area contributed by atoms with Crippen LogP contribution in [0.25, 0.3) is 0 Å². The summed E-state index contributed by atoms with van der Waals surface area (Å²) in [6.07, 6.45) is 3.32. The minimum Gasteiger partial charge on any atom is -0.496 e. The second kappa shape index (κ2) is 6.25. The van der Waals surface area contributed by atoms with Crippen molar-refractivity contribution in [1.82, 2.24) is 14.5 Å². The Morgan fingerprint density at radius 1 is 1.43 bits per heavy atom. The van der Waals surface area contributed by atoms with Crippen LogP contribution in [0, 0.1) is 0 Å². The van der Waals surface area contributed by atoms with Gasteiger partial charge in [-0.25, -0.2) is 13.1 Å². The lowest BCUT2D eigenvalue weighted by Gasteiger charge is -2.10. The van der Waals surface area contributed by atoms with Crippen LogP contribution in [-0.2, 0) is 30.2 Å². The van der Waals surface area contributed by atoms with Gasteiger partial charge in [-0.1, -0.05) is 0 Å². The van der Waals surface area contributed by atoms with Crippen LogP contribution in [0.1, 0.15) is 11.1 Å². The number of aromatic nitrogens is 2. The first-order valence-electron chi connectivity index (χ1n) is 6.21. The maximum Gasteiger partial charge on any atom is 0.240 e. The number of aryl methyl sites for hydroxylation is 1. The van der Waals surface area contributed by atoms with E-state index < -0.39 is 10.0 Å². The third-order valence-corrected chi connectivity index (χ3v) is 4.36. The molecule has 1 heterocycles. The summed E-state index contributed by atoms with van der Waals surface area (Å²) in [6.45, 7) is -0.147. The van der Waals surface area contributed by atoms with Crippen LogP contribution in [0.5, 0.6) is 5.75 Å². The number of nitrogens with zero attached hydrogens (tertiary/aromatic N) is 2.